The second-order valence-electron chi connectivity index (χ2n) is 5.33. The van der Waals surface area contributed by atoms with Gasteiger partial charge in [0, 0.05) is 40.3 Å². The summed E-state index contributed by atoms with van der Waals surface area (Å²) in [6, 6.07) is 2.28. The van der Waals surface area contributed by atoms with Crippen LogP contribution in [0.15, 0.2) is 15.9 Å². The minimum absolute atomic E-state index is 0. The third-order valence-corrected chi connectivity index (χ3v) is 5.52. The highest BCUT2D eigenvalue weighted by Crippen LogP contribution is 2.23. The van der Waals surface area contributed by atoms with Gasteiger partial charge >= 0.3 is 0 Å². The number of halogens is 2. The average molecular weight is 382 g/mol. The number of likely N-dealkylation sites (tertiary alicyclic amines) is 1. The summed E-state index contributed by atoms with van der Waals surface area (Å²) in [5.41, 5.74) is 5.96. The van der Waals surface area contributed by atoms with Crippen LogP contribution in [0.1, 0.15) is 31.1 Å². The number of nitrogens with two attached hydrogens (primary N) is 1. The third-order valence-electron chi connectivity index (χ3n) is 3.76. The molecule has 1 aromatic heterocycles. The summed E-state index contributed by atoms with van der Waals surface area (Å²) < 4.78 is 1.11. The first-order valence-electron chi connectivity index (χ1n) is 6.82. The number of hydrogen-bond acceptors (Lipinski definition) is 3. The summed E-state index contributed by atoms with van der Waals surface area (Å²) in [4.78, 5) is 15.5. The van der Waals surface area contributed by atoms with Gasteiger partial charge < -0.3 is 10.6 Å². The number of rotatable bonds is 4. The van der Waals surface area contributed by atoms with Gasteiger partial charge in [-0.15, -0.1) is 23.7 Å². The Morgan fingerprint density at radius 1 is 1.65 bits per heavy atom. The number of carbonyl (C=O) groups excluding carboxylic acids is 1. The SMILES string of the molecule is CC(N)C1CCCN(C(=O)CCc2cc(Br)cs2)C1.Cl. The molecule has 20 heavy (non-hydrogen) atoms. The molecule has 0 bridgehead atoms. The molecule has 1 amide bonds. The molecule has 2 unspecified atom stereocenters. The Morgan fingerprint density at radius 2 is 2.40 bits per heavy atom. The van der Waals surface area contributed by atoms with Crippen LogP contribution in [0.4, 0.5) is 0 Å². The first-order chi connectivity index (χ1) is 9.06. The van der Waals surface area contributed by atoms with E-state index < -0.39 is 0 Å². The van der Waals surface area contributed by atoms with Crippen molar-refractivity contribution in [2.75, 3.05) is 13.1 Å². The first kappa shape index (κ1) is 18.0. The fourth-order valence-corrected chi connectivity index (χ4v) is 3.99. The molecule has 2 rings (SSSR count). The number of nitrogens with zero attached hydrogens (tertiary/aromatic N) is 1. The lowest BCUT2D eigenvalue weighted by molar-refractivity contribution is -0.133. The topological polar surface area (TPSA) is 46.3 Å². The van der Waals surface area contributed by atoms with Crippen molar-refractivity contribution in [1.82, 2.24) is 4.90 Å². The normalized spacial score (nSPS) is 20.4. The molecule has 3 nitrogen and oxygen atoms in total. The van der Waals surface area contributed by atoms with Crippen LogP contribution in [0, 0.1) is 5.92 Å². The van der Waals surface area contributed by atoms with Crippen LogP contribution < -0.4 is 5.73 Å². The molecule has 1 saturated heterocycles. The summed E-state index contributed by atoms with van der Waals surface area (Å²) in [6.45, 7) is 3.78. The maximum absolute atomic E-state index is 12.2. The maximum atomic E-state index is 12.2. The van der Waals surface area contributed by atoms with Crippen molar-refractivity contribution in [3.8, 4) is 0 Å². The van der Waals surface area contributed by atoms with Crippen molar-refractivity contribution in [2.24, 2.45) is 11.7 Å². The van der Waals surface area contributed by atoms with Gasteiger partial charge in [0.15, 0.2) is 0 Å². The number of aryl methyl sites for hydroxylation is 1. The van der Waals surface area contributed by atoms with E-state index in [2.05, 4.69) is 27.4 Å². The van der Waals surface area contributed by atoms with E-state index in [1.165, 1.54) is 4.88 Å². The molecule has 2 atom stereocenters. The molecule has 114 valence electrons. The molecule has 1 aromatic rings. The van der Waals surface area contributed by atoms with Gasteiger partial charge in [-0.2, -0.15) is 0 Å². The molecule has 0 saturated carbocycles. The molecule has 1 fully saturated rings. The van der Waals surface area contributed by atoms with Crippen molar-refractivity contribution in [3.63, 3.8) is 0 Å². The van der Waals surface area contributed by atoms with Crippen LogP contribution in [0.3, 0.4) is 0 Å². The molecule has 0 aromatic carbocycles. The van der Waals surface area contributed by atoms with Crippen molar-refractivity contribution < 1.29 is 4.79 Å². The predicted octanol–water partition coefficient (Wildman–Crippen LogP) is 3.45. The summed E-state index contributed by atoms with van der Waals surface area (Å²) in [6.07, 6.45) is 3.69. The van der Waals surface area contributed by atoms with Crippen molar-refractivity contribution >= 4 is 45.6 Å². The van der Waals surface area contributed by atoms with Gasteiger partial charge in [0.25, 0.3) is 0 Å². The van der Waals surface area contributed by atoms with E-state index in [1.807, 2.05) is 11.8 Å². The molecule has 1 aliphatic heterocycles. The summed E-state index contributed by atoms with van der Waals surface area (Å²) in [7, 11) is 0. The lowest BCUT2D eigenvalue weighted by Gasteiger charge is -2.34. The van der Waals surface area contributed by atoms with Gasteiger partial charge in [0.1, 0.15) is 0 Å². The van der Waals surface area contributed by atoms with Gasteiger partial charge in [0.05, 0.1) is 0 Å². The molecule has 1 aliphatic rings. The highest BCUT2D eigenvalue weighted by Gasteiger charge is 2.25. The molecule has 2 N–H and O–H groups in total. The standard InChI is InChI=1S/C14H21BrN2OS.ClH/c1-10(16)11-3-2-6-17(8-11)14(18)5-4-13-7-12(15)9-19-13;/h7,9-11H,2-6,8,16H2,1H3;1H. The molecular weight excluding hydrogens is 360 g/mol. The number of thiophene rings is 1. The second-order valence-corrected chi connectivity index (χ2v) is 7.24. The highest BCUT2D eigenvalue weighted by molar-refractivity contribution is 9.10. The Balaban J connectivity index is 0.00000200. The Hall–Kier alpha value is -0.100. The van der Waals surface area contributed by atoms with Crippen molar-refractivity contribution in [3.05, 3.63) is 20.8 Å². The minimum Gasteiger partial charge on any atom is -0.342 e. The van der Waals surface area contributed by atoms with Crippen LogP contribution in [0.5, 0.6) is 0 Å². The minimum atomic E-state index is 0. The maximum Gasteiger partial charge on any atom is 0.222 e. The van der Waals surface area contributed by atoms with E-state index in [0.29, 0.717) is 12.3 Å². The van der Waals surface area contributed by atoms with Crippen molar-refractivity contribution in [2.45, 2.75) is 38.6 Å². The van der Waals surface area contributed by atoms with Crippen LogP contribution >= 0.6 is 39.7 Å². The first-order valence-corrected chi connectivity index (χ1v) is 8.50. The molecule has 0 aliphatic carbocycles. The number of piperidine rings is 1. The number of carbonyl (C=O) groups is 1. The van der Waals surface area contributed by atoms with Crippen molar-refractivity contribution in [1.29, 1.82) is 0 Å². The summed E-state index contributed by atoms with van der Waals surface area (Å²) in [5, 5.41) is 2.06. The van der Waals surface area contributed by atoms with Crippen LogP contribution in [0.25, 0.3) is 0 Å². The number of hydrogen-bond donors (Lipinski definition) is 1. The lowest BCUT2D eigenvalue weighted by atomic mass is 9.92. The monoisotopic (exact) mass is 380 g/mol. The summed E-state index contributed by atoms with van der Waals surface area (Å²) in [5.74, 6) is 0.739. The fourth-order valence-electron chi connectivity index (χ4n) is 2.54. The van der Waals surface area contributed by atoms with E-state index in [-0.39, 0.29) is 24.4 Å². The van der Waals surface area contributed by atoms with Gasteiger partial charge in [-0.25, -0.2) is 0 Å². The Labute approximate surface area is 139 Å². The molecule has 6 heteroatoms. The Morgan fingerprint density at radius 3 is 3.00 bits per heavy atom. The zero-order valence-electron chi connectivity index (χ0n) is 11.7. The van der Waals surface area contributed by atoms with E-state index in [1.54, 1.807) is 11.3 Å². The van der Waals surface area contributed by atoms with E-state index >= 15 is 0 Å². The highest BCUT2D eigenvalue weighted by atomic mass is 79.9. The van der Waals surface area contributed by atoms with Crippen LogP contribution in [-0.2, 0) is 11.2 Å². The van der Waals surface area contributed by atoms with E-state index in [9.17, 15) is 4.79 Å². The fraction of sp³-hybridized carbons (Fsp3) is 0.643. The number of amides is 1. The van der Waals surface area contributed by atoms with Crippen LogP contribution in [0.2, 0.25) is 0 Å². The molecule has 2 heterocycles. The van der Waals surface area contributed by atoms with E-state index in [4.69, 9.17) is 5.73 Å². The smallest absolute Gasteiger partial charge is 0.222 e. The van der Waals surface area contributed by atoms with Gasteiger partial charge in [-0.05, 0) is 54.1 Å². The van der Waals surface area contributed by atoms with Gasteiger partial charge in [-0.1, -0.05) is 0 Å². The molecule has 0 spiro atoms. The zero-order chi connectivity index (χ0) is 13.8. The second kappa shape index (κ2) is 8.37. The summed E-state index contributed by atoms with van der Waals surface area (Å²) >= 11 is 5.15. The zero-order valence-corrected chi connectivity index (χ0v) is 14.9. The Kier molecular flexibility index (Phi) is 7.51. The molecule has 0 radical (unpaired) electrons. The third kappa shape index (κ3) is 5.02. The largest absolute Gasteiger partial charge is 0.342 e. The molecular formula is C14H22BrClN2OS. The van der Waals surface area contributed by atoms with E-state index in [0.717, 1.165) is 36.8 Å². The lowest BCUT2D eigenvalue weighted by Crippen LogP contribution is -2.45. The Bertz CT molecular complexity index is 439. The van der Waals surface area contributed by atoms with Crippen LogP contribution in [-0.4, -0.2) is 29.9 Å². The average Bonchev–Trinajstić information content (AvgIpc) is 2.82. The quantitative estimate of drug-likeness (QED) is 0.868. The predicted molar refractivity (Wildman–Crippen MR) is 90.5 cm³/mol. The van der Waals surface area contributed by atoms with Gasteiger partial charge in [-0.3, -0.25) is 4.79 Å². The van der Waals surface area contributed by atoms with Gasteiger partial charge in [0.2, 0.25) is 5.91 Å².